The number of aryl methyl sites for hydroxylation is 1. The second kappa shape index (κ2) is 6.67. The normalized spacial score (nSPS) is 13.2. The molecule has 0 unspecified atom stereocenters. The molecule has 0 amide bonds. The summed E-state index contributed by atoms with van der Waals surface area (Å²) in [6.07, 6.45) is 0. The molecular formula is C17H17ClN2O4S. The van der Waals surface area contributed by atoms with E-state index in [1.165, 1.54) is 16.7 Å². The Kier molecular flexibility index (Phi) is 4.73. The lowest BCUT2D eigenvalue weighted by atomic mass is 10.1. The molecule has 0 saturated heterocycles. The van der Waals surface area contributed by atoms with Crippen LogP contribution in [0.5, 0.6) is 0 Å². The monoisotopic (exact) mass is 380 g/mol. The van der Waals surface area contributed by atoms with Crippen LogP contribution in [0.3, 0.4) is 0 Å². The van der Waals surface area contributed by atoms with Crippen LogP contribution in [-0.4, -0.2) is 13.0 Å². The summed E-state index contributed by atoms with van der Waals surface area (Å²) in [7, 11) is -3.77. The average Bonchev–Trinajstić information content (AvgIpc) is 2.89. The number of sulfonamides is 1. The Labute approximate surface area is 150 Å². The zero-order chi connectivity index (χ0) is 18.2. The fourth-order valence-electron chi connectivity index (χ4n) is 2.63. The minimum atomic E-state index is -3.77. The van der Waals surface area contributed by atoms with E-state index in [9.17, 15) is 13.2 Å². The Morgan fingerprint density at radius 2 is 1.88 bits per heavy atom. The van der Waals surface area contributed by atoms with Gasteiger partial charge in [-0.25, -0.2) is 17.9 Å². The van der Waals surface area contributed by atoms with E-state index in [0.29, 0.717) is 17.1 Å². The minimum absolute atomic E-state index is 0.0396. The molecule has 25 heavy (non-hydrogen) atoms. The third-order valence-corrected chi connectivity index (χ3v) is 5.76. The van der Waals surface area contributed by atoms with E-state index in [1.807, 2.05) is 6.92 Å². The summed E-state index contributed by atoms with van der Waals surface area (Å²) in [5.41, 5.74) is 1.60. The highest BCUT2D eigenvalue weighted by molar-refractivity contribution is 7.89. The van der Waals surface area contributed by atoms with Crippen molar-refractivity contribution in [1.82, 2.24) is 9.29 Å². The highest BCUT2D eigenvalue weighted by atomic mass is 35.5. The van der Waals surface area contributed by atoms with E-state index in [-0.39, 0.29) is 10.5 Å². The molecule has 1 atom stereocenters. The number of nitrogens with zero attached hydrogens (tertiary/aromatic N) is 1. The number of fused-ring (bicyclic) bond motifs is 1. The smallest absolute Gasteiger partial charge is 0.408 e. The van der Waals surface area contributed by atoms with Crippen LogP contribution in [0.2, 0.25) is 5.02 Å². The summed E-state index contributed by atoms with van der Waals surface area (Å²) in [4.78, 5) is 11.8. The first kappa shape index (κ1) is 17.7. The van der Waals surface area contributed by atoms with Crippen LogP contribution in [-0.2, 0) is 16.6 Å². The topological polar surface area (TPSA) is 81.3 Å². The van der Waals surface area contributed by atoms with E-state index in [4.69, 9.17) is 16.0 Å². The molecule has 0 saturated carbocycles. The van der Waals surface area contributed by atoms with E-state index in [0.717, 1.165) is 5.56 Å². The second-order valence-corrected chi connectivity index (χ2v) is 7.79. The Balaban J connectivity index is 1.92. The van der Waals surface area contributed by atoms with Gasteiger partial charge in [0.1, 0.15) is 0 Å². The molecule has 3 rings (SSSR count). The fourth-order valence-corrected chi connectivity index (χ4v) is 4.01. The molecule has 132 valence electrons. The van der Waals surface area contributed by atoms with Crippen LogP contribution in [0.4, 0.5) is 0 Å². The van der Waals surface area contributed by atoms with Crippen molar-refractivity contribution in [3.8, 4) is 0 Å². The zero-order valence-electron chi connectivity index (χ0n) is 13.7. The number of nitrogens with one attached hydrogen (secondary N) is 1. The van der Waals surface area contributed by atoms with Crippen molar-refractivity contribution in [3.05, 3.63) is 63.6 Å². The van der Waals surface area contributed by atoms with Crippen LogP contribution in [0, 0.1) is 0 Å². The fraction of sp³-hybridized carbons (Fsp3) is 0.235. The summed E-state index contributed by atoms with van der Waals surface area (Å²) in [6.45, 7) is 4.01. The molecule has 1 aromatic heterocycles. The first-order valence-corrected chi connectivity index (χ1v) is 9.59. The zero-order valence-corrected chi connectivity index (χ0v) is 15.3. The van der Waals surface area contributed by atoms with Gasteiger partial charge in [0, 0.05) is 23.7 Å². The maximum atomic E-state index is 12.6. The van der Waals surface area contributed by atoms with Crippen LogP contribution in [0.15, 0.2) is 56.6 Å². The van der Waals surface area contributed by atoms with Gasteiger partial charge in [0.2, 0.25) is 10.0 Å². The number of halogens is 1. The predicted octanol–water partition coefficient (Wildman–Crippen LogP) is 3.31. The molecular weight excluding hydrogens is 364 g/mol. The average molecular weight is 381 g/mol. The molecule has 8 heteroatoms. The van der Waals surface area contributed by atoms with Crippen molar-refractivity contribution in [3.63, 3.8) is 0 Å². The Morgan fingerprint density at radius 1 is 1.20 bits per heavy atom. The molecule has 6 nitrogen and oxygen atoms in total. The van der Waals surface area contributed by atoms with Gasteiger partial charge in [-0.2, -0.15) is 0 Å². The van der Waals surface area contributed by atoms with Gasteiger partial charge in [0.25, 0.3) is 0 Å². The van der Waals surface area contributed by atoms with Crippen molar-refractivity contribution in [2.45, 2.75) is 31.3 Å². The summed E-state index contributed by atoms with van der Waals surface area (Å²) in [5.74, 6) is -0.505. The van der Waals surface area contributed by atoms with Gasteiger partial charge in [-0.05, 0) is 43.7 Å². The van der Waals surface area contributed by atoms with Crippen molar-refractivity contribution in [2.24, 2.45) is 0 Å². The predicted molar refractivity (Wildman–Crippen MR) is 96.3 cm³/mol. The van der Waals surface area contributed by atoms with E-state index < -0.39 is 21.8 Å². The lowest BCUT2D eigenvalue weighted by molar-refractivity contribution is 0.512. The number of oxazole rings is 1. The van der Waals surface area contributed by atoms with Crippen molar-refractivity contribution in [1.29, 1.82) is 0 Å². The third-order valence-electron chi connectivity index (χ3n) is 3.97. The van der Waals surface area contributed by atoms with Gasteiger partial charge in [-0.1, -0.05) is 23.7 Å². The Morgan fingerprint density at radius 3 is 2.52 bits per heavy atom. The van der Waals surface area contributed by atoms with Gasteiger partial charge in [-0.15, -0.1) is 0 Å². The molecule has 0 radical (unpaired) electrons. The molecule has 0 aliphatic carbocycles. The summed E-state index contributed by atoms with van der Waals surface area (Å²) in [6, 6.07) is 10.9. The maximum Gasteiger partial charge on any atom is 0.419 e. The molecule has 2 aromatic carbocycles. The SMILES string of the molecule is CCn1c(=O)oc2cc(S(=O)(=O)N[C@@H](C)c3ccc(Cl)cc3)ccc21. The number of rotatable bonds is 5. The largest absolute Gasteiger partial charge is 0.419 e. The van der Waals surface area contributed by atoms with Crippen molar-refractivity contribution in [2.75, 3.05) is 0 Å². The van der Waals surface area contributed by atoms with Crippen LogP contribution in [0.1, 0.15) is 25.5 Å². The third kappa shape index (κ3) is 3.49. The summed E-state index contributed by atoms with van der Waals surface area (Å²) >= 11 is 5.85. The quantitative estimate of drug-likeness (QED) is 0.736. The number of hydrogen-bond acceptors (Lipinski definition) is 4. The molecule has 0 aliphatic heterocycles. The van der Waals surface area contributed by atoms with Gasteiger partial charge < -0.3 is 4.42 Å². The second-order valence-electron chi connectivity index (χ2n) is 5.64. The number of hydrogen-bond donors (Lipinski definition) is 1. The highest BCUT2D eigenvalue weighted by Gasteiger charge is 2.20. The number of benzene rings is 2. The van der Waals surface area contributed by atoms with Gasteiger partial charge in [-0.3, -0.25) is 4.57 Å². The molecule has 1 heterocycles. The van der Waals surface area contributed by atoms with Gasteiger partial charge >= 0.3 is 5.76 Å². The first-order chi connectivity index (χ1) is 11.8. The Hall–Kier alpha value is -2.09. The van der Waals surface area contributed by atoms with Gasteiger partial charge in [0.05, 0.1) is 10.4 Å². The van der Waals surface area contributed by atoms with E-state index >= 15 is 0 Å². The lowest BCUT2D eigenvalue weighted by Gasteiger charge is -2.14. The maximum absolute atomic E-state index is 12.6. The molecule has 0 spiro atoms. The van der Waals surface area contributed by atoms with E-state index in [2.05, 4.69) is 4.72 Å². The van der Waals surface area contributed by atoms with Crippen LogP contribution >= 0.6 is 11.6 Å². The van der Waals surface area contributed by atoms with Gasteiger partial charge in [0.15, 0.2) is 5.58 Å². The summed E-state index contributed by atoms with van der Waals surface area (Å²) in [5, 5.41) is 0.583. The van der Waals surface area contributed by atoms with E-state index in [1.54, 1.807) is 37.3 Å². The lowest BCUT2D eigenvalue weighted by Crippen LogP contribution is -2.26. The number of aromatic nitrogens is 1. The van der Waals surface area contributed by atoms with Crippen LogP contribution < -0.4 is 10.5 Å². The van der Waals surface area contributed by atoms with Crippen LogP contribution in [0.25, 0.3) is 11.1 Å². The molecule has 0 bridgehead atoms. The highest BCUT2D eigenvalue weighted by Crippen LogP contribution is 2.22. The molecule has 0 aliphatic rings. The molecule has 1 N–H and O–H groups in total. The first-order valence-electron chi connectivity index (χ1n) is 7.73. The van der Waals surface area contributed by atoms with Crippen molar-refractivity contribution >= 4 is 32.7 Å². The Bertz CT molecular complexity index is 1070. The summed E-state index contributed by atoms with van der Waals surface area (Å²) < 4.78 is 34.4. The molecule has 3 aromatic rings. The molecule has 0 fully saturated rings. The van der Waals surface area contributed by atoms with Crippen molar-refractivity contribution < 1.29 is 12.8 Å². The minimum Gasteiger partial charge on any atom is -0.408 e. The standard InChI is InChI=1S/C17H17ClN2O4S/c1-3-20-15-9-8-14(10-16(15)24-17(20)21)25(22,23)19-11(2)12-4-6-13(18)7-5-12/h4-11,19H,3H2,1-2H3/t11-/m0/s1.